The van der Waals surface area contributed by atoms with Crippen LogP contribution in [0.25, 0.3) is 43.5 Å². The molecule has 1 aliphatic heterocycles. The van der Waals surface area contributed by atoms with E-state index in [1.54, 1.807) is 43.2 Å². The van der Waals surface area contributed by atoms with Crippen LogP contribution in [0.4, 0.5) is 5.82 Å². The lowest BCUT2D eigenvalue weighted by Gasteiger charge is -2.09. The van der Waals surface area contributed by atoms with Crippen molar-refractivity contribution in [2.45, 2.75) is 6.54 Å². The second kappa shape index (κ2) is 12.4. The summed E-state index contributed by atoms with van der Waals surface area (Å²) in [5.74, 6) is 3.16. The number of nitrogens with one attached hydrogen (secondary N) is 1. The standard InChI is InChI=1S/C18H12ClN5O2S.C10H4Cl2N4S/c19-15-6-11-16(22-7-10-1-2-13-14(5-10)26-9-25-13)23-17(24-18(11)27-15)12-8-20-3-4-21-12;11-7-3-5-8(12)15-9(16-10(5)17-7)6-4-13-1-2-14-6/h1-6,8H,7,9H2,(H,22,23,24);1-4H. The fourth-order valence-corrected chi connectivity index (χ4v) is 6.63. The van der Waals surface area contributed by atoms with E-state index in [4.69, 9.17) is 44.3 Å². The normalized spacial score (nSPS) is 11.9. The van der Waals surface area contributed by atoms with Gasteiger partial charge in [-0.05, 0) is 29.8 Å². The Hall–Kier alpha value is -4.27. The van der Waals surface area contributed by atoms with Crippen molar-refractivity contribution in [2.75, 3.05) is 12.1 Å². The zero-order valence-corrected chi connectivity index (χ0v) is 26.0. The summed E-state index contributed by atoms with van der Waals surface area (Å²) in [6.45, 7) is 0.823. The monoisotopic (exact) mass is 679 g/mol. The number of aromatic nitrogens is 8. The molecule has 0 bridgehead atoms. The van der Waals surface area contributed by atoms with Crippen molar-refractivity contribution in [3.05, 3.63) is 86.9 Å². The molecule has 0 spiro atoms. The molecule has 0 fully saturated rings. The van der Waals surface area contributed by atoms with Gasteiger partial charge < -0.3 is 14.8 Å². The lowest BCUT2D eigenvalue weighted by molar-refractivity contribution is 0.174. The second-order valence-electron chi connectivity index (χ2n) is 8.99. The molecule has 1 aliphatic rings. The number of nitrogens with zero attached hydrogens (tertiary/aromatic N) is 8. The van der Waals surface area contributed by atoms with Crippen molar-refractivity contribution in [2.24, 2.45) is 0 Å². The number of thiophene rings is 2. The van der Waals surface area contributed by atoms with E-state index in [1.165, 1.54) is 22.7 Å². The van der Waals surface area contributed by atoms with Gasteiger partial charge in [0.1, 0.15) is 32.0 Å². The number of ether oxygens (including phenoxy) is 2. The summed E-state index contributed by atoms with van der Waals surface area (Å²) < 4.78 is 12.1. The van der Waals surface area contributed by atoms with E-state index in [0.717, 1.165) is 37.5 Å². The molecular weight excluding hydrogens is 665 g/mol. The molecule has 0 aliphatic carbocycles. The molecule has 0 atom stereocenters. The van der Waals surface area contributed by atoms with Gasteiger partial charge in [0, 0.05) is 31.3 Å². The van der Waals surface area contributed by atoms with Gasteiger partial charge in [0.15, 0.2) is 23.1 Å². The zero-order chi connectivity index (χ0) is 30.0. The van der Waals surface area contributed by atoms with E-state index in [1.807, 2.05) is 24.3 Å². The fourth-order valence-electron chi connectivity index (χ4n) is 4.18. The number of halogens is 3. The Morgan fingerprint density at radius 3 is 2.02 bits per heavy atom. The predicted molar refractivity (Wildman–Crippen MR) is 172 cm³/mol. The summed E-state index contributed by atoms with van der Waals surface area (Å²) in [5.41, 5.74) is 2.24. The van der Waals surface area contributed by atoms with Crippen LogP contribution in [0.5, 0.6) is 11.5 Å². The van der Waals surface area contributed by atoms with Crippen LogP contribution in [0, 0.1) is 0 Å². The maximum absolute atomic E-state index is 6.20. The third-order valence-corrected chi connectivity index (χ3v) is 8.76. The molecule has 8 rings (SSSR count). The van der Waals surface area contributed by atoms with Gasteiger partial charge in [0.25, 0.3) is 0 Å². The molecule has 0 saturated carbocycles. The highest BCUT2D eigenvalue weighted by Gasteiger charge is 2.16. The number of anilines is 1. The van der Waals surface area contributed by atoms with Gasteiger partial charge in [0.2, 0.25) is 6.79 Å². The summed E-state index contributed by atoms with van der Waals surface area (Å²) in [4.78, 5) is 35.8. The van der Waals surface area contributed by atoms with E-state index in [2.05, 4.69) is 45.2 Å². The molecule has 1 aromatic carbocycles. The van der Waals surface area contributed by atoms with Crippen LogP contribution < -0.4 is 14.8 Å². The van der Waals surface area contributed by atoms with Crippen molar-refractivity contribution in [3.8, 4) is 34.5 Å². The molecule has 0 unspecified atom stereocenters. The highest BCUT2D eigenvalue weighted by atomic mass is 35.5. The van der Waals surface area contributed by atoms with Crippen LogP contribution in [-0.2, 0) is 6.54 Å². The van der Waals surface area contributed by atoms with Gasteiger partial charge in [-0.1, -0.05) is 40.9 Å². The Morgan fingerprint density at radius 2 is 1.34 bits per heavy atom. The van der Waals surface area contributed by atoms with Crippen LogP contribution in [0.15, 0.2) is 67.5 Å². The van der Waals surface area contributed by atoms with Crippen molar-refractivity contribution in [1.29, 1.82) is 0 Å². The number of fused-ring (bicyclic) bond motifs is 3. The first-order valence-electron chi connectivity index (χ1n) is 12.7. The van der Waals surface area contributed by atoms with Gasteiger partial charge in [0.05, 0.1) is 31.8 Å². The fraction of sp³-hybridized carbons (Fsp3) is 0.0714. The molecule has 7 heterocycles. The molecule has 7 aromatic rings. The topological polar surface area (TPSA) is 134 Å². The zero-order valence-electron chi connectivity index (χ0n) is 22.1. The van der Waals surface area contributed by atoms with Gasteiger partial charge in [-0.3, -0.25) is 9.97 Å². The summed E-state index contributed by atoms with van der Waals surface area (Å²) in [6, 6.07) is 9.47. The molecule has 11 nitrogen and oxygen atoms in total. The van der Waals surface area contributed by atoms with Crippen LogP contribution >= 0.6 is 57.5 Å². The largest absolute Gasteiger partial charge is 0.454 e. The van der Waals surface area contributed by atoms with Crippen molar-refractivity contribution < 1.29 is 9.47 Å². The smallest absolute Gasteiger partial charge is 0.231 e. The van der Waals surface area contributed by atoms with Crippen LogP contribution in [0.3, 0.4) is 0 Å². The summed E-state index contributed by atoms with van der Waals surface area (Å²) in [6.07, 6.45) is 9.63. The minimum Gasteiger partial charge on any atom is -0.454 e. The molecule has 218 valence electrons. The average molecular weight is 681 g/mol. The van der Waals surface area contributed by atoms with E-state index in [-0.39, 0.29) is 6.79 Å². The Kier molecular flexibility index (Phi) is 8.02. The third-order valence-electron chi connectivity index (χ3n) is 6.16. The lowest BCUT2D eigenvalue weighted by Crippen LogP contribution is -2.04. The van der Waals surface area contributed by atoms with Gasteiger partial charge >= 0.3 is 0 Å². The van der Waals surface area contributed by atoms with Crippen LogP contribution in [0.2, 0.25) is 13.8 Å². The molecule has 16 heteroatoms. The maximum Gasteiger partial charge on any atom is 0.231 e. The Balaban J connectivity index is 0.000000158. The SMILES string of the molecule is Clc1cc2c(Cl)nc(-c3cnccn3)nc2s1.Clc1cc2c(NCc3ccc4c(c3)OCO4)nc(-c3cnccn3)nc2s1. The quantitative estimate of drug-likeness (QED) is 0.180. The highest BCUT2D eigenvalue weighted by molar-refractivity contribution is 7.22. The van der Waals surface area contributed by atoms with Crippen molar-refractivity contribution in [3.63, 3.8) is 0 Å². The summed E-state index contributed by atoms with van der Waals surface area (Å²) >= 11 is 21.0. The van der Waals surface area contributed by atoms with Gasteiger partial charge in [-0.25, -0.2) is 29.9 Å². The number of hydrogen-bond donors (Lipinski definition) is 1. The van der Waals surface area contributed by atoms with E-state index in [9.17, 15) is 0 Å². The van der Waals surface area contributed by atoms with E-state index >= 15 is 0 Å². The van der Waals surface area contributed by atoms with Crippen molar-refractivity contribution >= 4 is 83.7 Å². The molecule has 6 aromatic heterocycles. The third kappa shape index (κ3) is 6.05. The summed E-state index contributed by atoms with van der Waals surface area (Å²) in [5, 5.41) is 5.38. The molecule has 0 radical (unpaired) electrons. The first kappa shape index (κ1) is 28.5. The lowest BCUT2D eigenvalue weighted by atomic mass is 10.2. The first-order chi connectivity index (χ1) is 21.5. The van der Waals surface area contributed by atoms with Gasteiger partial charge in [-0.2, -0.15) is 0 Å². The van der Waals surface area contributed by atoms with Crippen molar-refractivity contribution in [1.82, 2.24) is 39.9 Å². The summed E-state index contributed by atoms with van der Waals surface area (Å²) in [7, 11) is 0. The number of hydrogen-bond acceptors (Lipinski definition) is 13. The minimum atomic E-state index is 0.258. The van der Waals surface area contributed by atoms with Crippen LogP contribution in [-0.4, -0.2) is 46.7 Å². The molecule has 0 saturated heterocycles. The molecule has 1 N–H and O–H groups in total. The maximum atomic E-state index is 6.20. The molecular formula is C28H16Cl3N9O2S2. The number of rotatable bonds is 5. The highest BCUT2D eigenvalue weighted by Crippen LogP contribution is 2.36. The molecule has 44 heavy (non-hydrogen) atoms. The van der Waals surface area contributed by atoms with Gasteiger partial charge in [-0.15, -0.1) is 22.7 Å². The van der Waals surface area contributed by atoms with Crippen LogP contribution in [0.1, 0.15) is 5.56 Å². The Labute approximate surface area is 271 Å². The average Bonchev–Trinajstić information content (AvgIpc) is 3.78. The van der Waals surface area contributed by atoms with E-state index in [0.29, 0.717) is 49.2 Å². The van der Waals surface area contributed by atoms with E-state index < -0.39 is 0 Å². The Morgan fingerprint density at radius 1 is 0.705 bits per heavy atom. The second-order valence-corrected chi connectivity index (χ2v) is 12.7. The Bertz CT molecular complexity index is 2120. The minimum absolute atomic E-state index is 0.258. The first-order valence-corrected chi connectivity index (χ1v) is 15.5. The molecule has 0 amide bonds. The predicted octanol–water partition coefficient (Wildman–Crippen LogP) is 7.60. The number of benzene rings is 1.